The van der Waals surface area contributed by atoms with E-state index in [1.807, 2.05) is 6.26 Å². The summed E-state index contributed by atoms with van der Waals surface area (Å²) in [5.41, 5.74) is 0. The highest BCUT2D eigenvalue weighted by Gasteiger charge is 2.26. The maximum absolute atomic E-state index is 12.1. The van der Waals surface area contributed by atoms with E-state index in [2.05, 4.69) is 5.32 Å². The molecule has 0 radical (unpaired) electrons. The third-order valence-electron chi connectivity index (χ3n) is 2.57. The van der Waals surface area contributed by atoms with E-state index in [1.54, 1.807) is 0 Å². The minimum atomic E-state index is -1.12. The van der Waals surface area contributed by atoms with Crippen molar-refractivity contribution in [2.24, 2.45) is 5.92 Å². The maximum atomic E-state index is 12.1. The first-order chi connectivity index (χ1) is 10.3. The molecule has 2 N–H and O–H groups in total. The van der Waals surface area contributed by atoms with Gasteiger partial charge in [-0.15, -0.1) is 0 Å². The number of aliphatic carboxylic acids is 1. The summed E-state index contributed by atoms with van der Waals surface area (Å²) < 4.78 is 4.80. The van der Waals surface area contributed by atoms with Crippen molar-refractivity contribution < 1.29 is 29.0 Å². The lowest BCUT2D eigenvalue weighted by Gasteiger charge is -2.19. The van der Waals surface area contributed by atoms with Crippen molar-refractivity contribution in [3.8, 4) is 0 Å². The van der Waals surface area contributed by atoms with Crippen molar-refractivity contribution in [3.63, 3.8) is 0 Å². The molecule has 0 spiro atoms. The van der Waals surface area contributed by atoms with Gasteiger partial charge in [0.25, 0.3) is 0 Å². The topological polar surface area (TPSA) is 110 Å². The number of hydrogen-bond acceptors (Lipinski definition) is 7. The number of carbonyl (C=O) groups excluding carboxylic acids is 3. The molecule has 1 amide bonds. The molecule has 0 aliphatic carbocycles. The number of esters is 1. The molecule has 0 bridgehead atoms. The Balaban J connectivity index is 4.71. The fraction of sp³-hybridized carbons (Fsp3) is 0.692. The number of amides is 1. The second-order valence-corrected chi connectivity index (χ2v) is 6.67. The average molecular weight is 351 g/mol. The number of ether oxygens (including phenoxy) is 1. The standard InChI is InChI=1S/C13H21NO6S2/c1-8(15)20-6-10(7-22-9(2)16)12(17)14-11(13(18)19)4-5-21-3/h10-11H,4-7H2,1-3H3,(H,14,17)(H,18,19)/t10?,11-/m0/s1. The Bertz CT molecular complexity index is 397. The third-order valence-corrected chi connectivity index (χ3v) is 4.19. The zero-order chi connectivity index (χ0) is 17.1. The molecule has 0 fully saturated rings. The molecule has 0 saturated carbocycles. The van der Waals surface area contributed by atoms with E-state index in [-0.39, 0.29) is 17.5 Å². The summed E-state index contributed by atoms with van der Waals surface area (Å²) in [6.45, 7) is 2.39. The highest BCUT2D eigenvalue weighted by molar-refractivity contribution is 8.13. The predicted molar refractivity (Wildman–Crippen MR) is 85.8 cm³/mol. The third kappa shape index (κ3) is 9.67. The van der Waals surface area contributed by atoms with Crippen LogP contribution >= 0.6 is 23.5 Å². The van der Waals surface area contributed by atoms with Crippen LogP contribution < -0.4 is 5.32 Å². The van der Waals surface area contributed by atoms with Crippen LogP contribution in [0.1, 0.15) is 20.3 Å². The average Bonchev–Trinajstić information content (AvgIpc) is 2.42. The van der Waals surface area contributed by atoms with Gasteiger partial charge >= 0.3 is 11.9 Å². The van der Waals surface area contributed by atoms with Gasteiger partial charge in [-0.25, -0.2) is 4.79 Å². The summed E-state index contributed by atoms with van der Waals surface area (Å²) in [4.78, 5) is 45.1. The van der Waals surface area contributed by atoms with Gasteiger partial charge in [-0.2, -0.15) is 11.8 Å². The predicted octanol–water partition coefficient (Wildman–Crippen LogP) is 0.768. The zero-order valence-electron chi connectivity index (χ0n) is 12.8. The first-order valence-corrected chi connectivity index (χ1v) is 8.94. The van der Waals surface area contributed by atoms with Gasteiger partial charge in [-0.05, 0) is 18.4 Å². The Kier molecular flexibility index (Phi) is 10.7. The van der Waals surface area contributed by atoms with E-state index in [4.69, 9.17) is 9.84 Å². The fourth-order valence-corrected chi connectivity index (χ4v) is 2.57. The molecule has 0 aromatic carbocycles. The molecule has 0 aliphatic rings. The van der Waals surface area contributed by atoms with Crippen molar-refractivity contribution in [2.45, 2.75) is 26.3 Å². The number of nitrogens with one attached hydrogen (secondary N) is 1. The summed E-state index contributed by atoms with van der Waals surface area (Å²) in [7, 11) is 0. The van der Waals surface area contributed by atoms with E-state index >= 15 is 0 Å². The molecule has 2 atom stereocenters. The second kappa shape index (κ2) is 11.4. The Morgan fingerprint density at radius 1 is 1.23 bits per heavy atom. The second-order valence-electron chi connectivity index (χ2n) is 4.48. The van der Waals surface area contributed by atoms with Crippen LogP contribution in [0.3, 0.4) is 0 Å². The number of rotatable bonds is 10. The van der Waals surface area contributed by atoms with E-state index in [1.165, 1.54) is 25.6 Å². The molecule has 7 nitrogen and oxygen atoms in total. The van der Waals surface area contributed by atoms with Gasteiger partial charge in [0, 0.05) is 19.6 Å². The molecule has 22 heavy (non-hydrogen) atoms. The Morgan fingerprint density at radius 2 is 1.86 bits per heavy atom. The van der Waals surface area contributed by atoms with Crippen molar-refractivity contribution in [1.29, 1.82) is 0 Å². The summed E-state index contributed by atoms with van der Waals surface area (Å²) >= 11 is 2.41. The van der Waals surface area contributed by atoms with E-state index in [9.17, 15) is 19.2 Å². The van der Waals surface area contributed by atoms with Crippen LogP contribution in [0.2, 0.25) is 0 Å². The number of carboxylic acids is 1. The van der Waals surface area contributed by atoms with Crippen molar-refractivity contribution in [3.05, 3.63) is 0 Å². The smallest absolute Gasteiger partial charge is 0.326 e. The summed E-state index contributed by atoms with van der Waals surface area (Å²) in [5.74, 6) is -2.25. The Morgan fingerprint density at radius 3 is 2.32 bits per heavy atom. The summed E-state index contributed by atoms with van der Waals surface area (Å²) in [5, 5.41) is 11.4. The summed E-state index contributed by atoms with van der Waals surface area (Å²) in [6.07, 6.45) is 2.14. The lowest BCUT2D eigenvalue weighted by Crippen LogP contribution is -2.45. The van der Waals surface area contributed by atoms with Crippen LogP contribution in [-0.4, -0.2) is 58.5 Å². The molecule has 0 aromatic heterocycles. The molecule has 0 aromatic rings. The lowest BCUT2D eigenvalue weighted by atomic mass is 10.1. The van der Waals surface area contributed by atoms with Crippen LogP contribution in [0.15, 0.2) is 0 Å². The van der Waals surface area contributed by atoms with E-state index in [0.717, 1.165) is 11.8 Å². The highest BCUT2D eigenvalue weighted by atomic mass is 32.2. The van der Waals surface area contributed by atoms with Gasteiger partial charge in [0.05, 0.1) is 5.92 Å². The van der Waals surface area contributed by atoms with Crippen molar-refractivity contribution in [1.82, 2.24) is 5.32 Å². The van der Waals surface area contributed by atoms with Crippen LogP contribution in [0.5, 0.6) is 0 Å². The number of thioether (sulfide) groups is 2. The van der Waals surface area contributed by atoms with Gasteiger partial charge in [0.2, 0.25) is 5.91 Å². The number of carboxylic acid groups (broad SMARTS) is 1. The molecule has 0 heterocycles. The van der Waals surface area contributed by atoms with Crippen molar-refractivity contribution in [2.75, 3.05) is 24.4 Å². The molecule has 0 aliphatic heterocycles. The monoisotopic (exact) mass is 351 g/mol. The Hall–Kier alpha value is -1.22. The van der Waals surface area contributed by atoms with Crippen LogP contribution in [-0.2, 0) is 23.9 Å². The minimum absolute atomic E-state index is 0.128. The molecule has 1 unspecified atom stereocenters. The van der Waals surface area contributed by atoms with Gasteiger partial charge in [0.15, 0.2) is 5.12 Å². The normalized spacial score (nSPS) is 13.0. The highest BCUT2D eigenvalue weighted by Crippen LogP contribution is 2.12. The molecule has 9 heteroatoms. The van der Waals surface area contributed by atoms with Gasteiger partial charge in [0.1, 0.15) is 12.6 Å². The molecular weight excluding hydrogens is 330 g/mol. The molecule has 0 rings (SSSR count). The quantitative estimate of drug-likeness (QED) is 0.555. The van der Waals surface area contributed by atoms with E-state index in [0.29, 0.717) is 12.2 Å². The largest absolute Gasteiger partial charge is 0.480 e. The van der Waals surface area contributed by atoms with Crippen LogP contribution in [0.25, 0.3) is 0 Å². The molecule has 0 saturated heterocycles. The zero-order valence-corrected chi connectivity index (χ0v) is 14.4. The molecular formula is C13H21NO6S2. The van der Waals surface area contributed by atoms with Crippen molar-refractivity contribution >= 4 is 46.5 Å². The lowest BCUT2D eigenvalue weighted by molar-refractivity contribution is -0.146. The Labute approximate surface area is 137 Å². The fourth-order valence-electron chi connectivity index (χ4n) is 1.42. The molecule has 126 valence electrons. The van der Waals surface area contributed by atoms with Gasteiger partial charge < -0.3 is 15.2 Å². The first-order valence-electron chi connectivity index (χ1n) is 6.56. The van der Waals surface area contributed by atoms with Gasteiger partial charge in [-0.1, -0.05) is 11.8 Å². The summed E-state index contributed by atoms with van der Waals surface area (Å²) in [6, 6.07) is -0.998. The number of carbonyl (C=O) groups is 4. The SMILES string of the molecule is CSCC[C@H](NC(=O)C(COC(C)=O)CSC(C)=O)C(=O)O. The maximum Gasteiger partial charge on any atom is 0.326 e. The van der Waals surface area contributed by atoms with Gasteiger partial charge in [-0.3, -0.25) is 14.4 Å². The number of hydrogen-bond donors (Lipinski definition) is 2. The van der Waals surface area contributed by atoms with E-state index < -0.39 is 29.8 Å². The van der Waals surface area contributed by atoms with Crippen LogP contribution in [0.4, 0.5) is 0 Å². The minimum Gasteiger partial charge on any atom is -0.480 e. The first kappa shape index (κ1) is 20.8. The van der Waals surface area contributed by atoms with Crippen LogP contribution in [0, 0.1) is 5.92 Å².